The minimum absolute atomic E-state index is 0.0278. The number of nitrogens with zero attached hydrogens (tertiary/aromatic N) is 6. The molecule has 2 aliphatic heterocycles. The first-order valence-corrected chi connectivity index (χ1v) is 12.8. The fourth-order valence-corrected chi connectivity index (χ4v) is 5.99. The summed E-state index contributed by atoms with van der Waals surface area (Å²) in [6.45, 7) is 3.81. The second kappa shape index (κ2) is 8.85. The zero-order valence-corrected chi connectivity index (χ0v) is 20.9. The number of likely N-dealkylation sites (tertiary alicyclic amines) is 1. The topological polar surface area (TPSA) is 108 Å². The number of fused-ring (bicyclic) bond motifs is 3. The third kappa shape index (κ3) is 3.80. The van der Waals surface area contributed by atoms with Gasteiger partial charge in [-0.15, -0.1) is 0 Å². The van der Waals surface area contributed by atoms with Gasteiger partial charge in [-0.05, 0) is 37.0 Å². The molecular weight excluding hydrogens is 456 g/mol. The molecule has 2 amide bonds. The van der Waals surface area contributed by atoms with Gasteiger partial charge in [0.25, 0.3) is 11.8 Å². The Morgan fingerprint density at radius 3 is 2.58 bits per heavy atom. The van der Waals surface area contributed by atoms with Gasteiger partial charge < -0.3 is 25.0 Å². The van der Waals surface area contributed by atoms with E-state index in [-0.39, 0.29) is 23.9 Å². The molecule has 0 radical (unpaired) electrons. The Balaban J connectivity index is 1.24. The highest BCUT2D eigenvalue weighted by Gasteiger charge is 2.46. The number of hydrogen-bond donors (Lipinski definition) is 2. The third-order valence-electron chi connectivity index (χ3n) is 8.03. The van der Waals surface area contributed by atoms with Crippen LogP contribution < -0.4 is 10.6 Å². The number of carbonyl (C=O) groups is 2. The quantitative estimate of drug-likeness (QED) is 0.569. The smallest absolute Gasteiger partial charge is 0.270 e. The molecule has 3 fully saturated rings. The highest BCUT2D eigenvalue weighted by molar-refractivity contribution is 5.98. The van der Waals surface area contributed by atoms with Crippen LogP contribution in [0.5, 0.6) is 0 Å². The lowest BCUT2D eigenvalue weighted by molar-refractivity contribution is 0.0707. The van der Waals surface area contributed by atoms with Crippen molar-refractivity contribution in [3.05, 3.63) is 41.9 Å². The molecule has 2 bridgehead atoms. The monoisotopic (exact) mass is 488 g/mol. The molecule has 2 N–H and O–H groups in total. The van der Waals surface area contributed by atoms with Crippen LogP contribution in [0.15, 0.2) is 30.6 Å². The van der Waals surface area contributed by atoms with Crippen molar-refractivity contribution in [1.82, 2.24) is 34.6 Å². The normalized spacial score (nSPS) is 23.5. The largest absolute Gasteiger partial charge is 0.343 e. The Labute approximate surface area is 210 Å². The van der Waals surface area contributed by atoms with E-state index in [4.69, 9.17) is 4.98 Å². The van der Waals surface area contributed by atoms with E-state index >= 15 is 0 Å². The van der Waals surface area contributed by atoms with Gasteiger partial charge in [-0.1, -0.05) is 19.8 Å². The van der Waals surface area contributed by atoms with Crippen molar-refractivity contribution in [2.24, 2.45) is 5.92 Å². The van der Waals surface area contributed by atoms with E-state index in [1.54, 1.807) is 43.5 Å². The molecule has 188 valence electrons. The lowest BCUT2D eigenvalue weighted by Gasteiger charge is -2.27. The van der Waals surface area contributed by atoms with Crippen molar-refractivity contribution in [1.29, 1.82) is 0 Å². The summed E-state index contributed by atoms with van der Waals surface area (Å²) in [5, 5.41) is 7.48. The maximum absolute atomic E-state index is 13.0. The molecule has 10 nitrogen and oxygen atoms in total. The van der Waals surface area contributed by atoms with E-state index in [0.29, 0.717) is 35.0 Å². The predicted molar refractivity (Wildman–Crippen MR) is 136 cm³/mol. The van der Waals surface area contributed by atoms with Crippen LogP contribution in [0.2, 0.25) is 0 Å². The van der Waals surface area contributed by atoms with E-state index in [1.165, 1.54) is 0 Å². The first-order chi connectivity index (χ1) is 17.4. The lowest BCUT2D eigenvalue weighted by atomic mass is 10.0. The molecule has 0 aromatic carbocycles. The van der Waals surface area contributed by atoms with Gasteiger partial charge in [0.1, 0.15) is 17.2 Å². The van der Waals surface area contributed by atoms with Crippen LogP contribution in [-0.2, 0) is 0 Å². The Kier molecular flexibility index (Phi) is 5.63. The van der Waals surface area contributed by atoms with Gasteiger partial charge in [0.05, 0.1) is 5.56 Å². The Morgan fingerprint density at radius 2 is 1.94 bits per heavy atom. The molecule has 3 aromatic rings. The second-order valence-corrected chi connectivity index (χ2v) is 10.5. The summed E-state index contributed by atoms with van der Waals surface area (Å²) < 4.78 is 2.09. The molecule has 10 heteroatoms. The summed E-state index contributed by atoms with van der Waals surface area (Å²) in [6.07, 6.45) is 7.74. The molecule has 6 rings (SSSR count). The number of nitrogens with one attached hydrogen (secondary N) is 2. The van der Waals surface area contributed by atoms with E-state index in [0.717, 1.165) is 49.8 Å². The van der Waals surface area contributed by atoms with E-state index < -0.39 is 0 Å². The van der Waals surface area contributed by atoms with Gasteiger partial charge in [-0.25, -0.2) is 9.97 Å². The van der Waals surface area contributed by atoms with Crippen molar-refractivity contribution in [2.75, 3.05) is 32.5 Å². The second-order valence-electron chi connectivity index (χ2n) is 10.5. The van der Waals surface area contributed by atoms with Gasteiger partial charge in [0, 0.05) is 63.1 Å². The van der Waals surface area contributed by atoms with Crippen LogP contribution in [0.1, 0.15) is 59.5 Å². The first kappa shape index (κ1) is 22.9. The highest BCUT2D eigenvalue weighted by atomic mass is 16.2. The molecule has 2 saturated heterocycles. The molecule has 3 aliphatic rings. The number of pyridine rings is 1. The molecule has 5 heterocycles. The van der Waals surface area contributed by atoms with Crippen molar-refractivity contribution in [3.8, 4) is 0 Å². The first-order valence-electron chi connectivity index (χ1n) is 12.8. The maximum Gasteiger partial charge on any atom is 0.270 e. The van der Waals surface area contributed by atoms with Crippen molar-refractivity contribution < 1.29 is 9.59 Å². The number of hydrogen-bond acceptors (Lipinski definition) is 7. The van der Waals surface area contributed by atoms with Crippen LogP contribution in [0.3, 0.4) is 0 Å². The zero-order chi connectivity index (χ0) is 25.0. The Morgan fingerprint density at radius 1 is 1.14 bits per heavy atom. The minimum Gasteiger partial charge on any atom is -0.343 e. The Bertz CT molecular complexity index is 1310. The zero-order valence-electron chi connectivity index (χ0n) is 20.9. The van der Waals surface area contributed by atoms with Gasteiger partial charge in [-0.3, -0.25) is 9.59 Å². The Hall–Kier alpha value is -3.53. The number of carbonyl (C=O) groups excluding carboxylic acids is 2. The van der Waals surface area contributed by atoms with Crippen LogP contribution in [0.25, 0.3) is 11.0 Å². The molecule has 1 aliphatic carbocycles. The van der Waals surface area contributed by atoms with E-state index in [9.17, 15) is 9.59 Å². The SMILES string of the molecule is C[C@@H]1C2CN(C(=O)c3ccc(Nc4ncc5cc(C(=O)N(C)C)n(C6CCCC6)c5n4)nc3)C1CN2. The predicted octanol–water partition coefficient (Wildman–Crippen LogP) is 2.82. The average Bonchev–Trinajstić information content (AvgIpc) is 3.67. The standard InChI is InChI=1S/C26H32N8O2/c1-15-19-14-33(21(15)13-27-19)24(35)16-8-9-22(28-11-16)30-26-29-12-17-10-20(25(36)32(2)3)34(23(17)31-26)18-6-4-5-7-18/h8-12,15,18-19,21,27H,4-7,13-14H2,1-3H3,(H,28,29,30,31)/t15-,19?,21?/m1/s1. The minimum atomic E-state index is -0.0345. The third-order valence-corrected chi connectivity index (χ3v) is 8.03. The molecule has 3 atom stereocenters. The maximum atomic E-state index is 13.0. The van der Waals surface area contributed by atoms with Gasteiger partial charge in [0.2, 0.25) is 5.95 Å². The number of aromatic nitrogens is 4. The number of rotatable bonds is 5. The highest BCUT2D eigenvalue weighted by Crippen LogP contribution is 2.35. The van der Waals surface area contributed by atoms with Crippen molar-refractivity contribution in [3.63, 3.8) is 0 Å². The fourth-order valence-electron chi connectivity index (χ4n) is 5.99. The van der Waals surface area contributed by atoms with Gasteiger partial charge in [0.15, 0.2) is 0 Å². The van der Waals surface area contributed by atoms with Gasteiger partial charge >= 0.3 is 0 Å². The van der Waals surface area contributed by atoms with Gasteiger partial charge in [-0.2, -0.15) is 4.98 Å². The average molecular weight is 489 g/mol. The number of amides is 2. The summed E-state index contributed by atoms with van der Waals surface area (Å²) >= 11 is 0. The van der Waals surface area contributed by atoms with Crippen LogP contribution in [0, 0.1) is 5.92 Å². The summed E-state index contributed by atoms with van der Waals surface area (Å²) in [4.78, 5) is 43.2. The number of anilines is 2. The summed E-state index contributed by atoms with van der Waals surface area (Å²) in [7, 11) is 3.53. The fraction of sp³-hybridized carbons (Fsp3) is 0.500. The molecule has 2 unspecified atom stereocenters. The molecule has 36 heavy (non-hydrogen) atoms. The van der Waals surface area contributed by atoms with E-state index in [1.807, 2.05) is 11.0 Å². The molecular formula is C26H32N8O2. The van der Waals surface area contributed by atoms with Crippen molar-refractivity contribution in [2.45, 2.75) is 50.7 Å². The van der Waals surface area contributed by atoms with E-state index in [2.05, 4.69) is 32.1 Å². The molecule has 3 aromatic heterocycles. The molecule has 0 spiro atoms. The molecule has 1 saturated carbocycles. The summed E-state index contributed by atoms with van der Waals surface area (Å²) in [6, 6.07) is 6.37. The summed E-state index contributed by atoms with van der Waals surface area (Å²) in [5.74, 6) is 1.44. The van der Waals surface area contributed by atoms with Crippen molar-refractivity contribution >= 4 is 34.6 Å². The van der Waals surface area contributed by atoms with Crippen LogP contribution in [-0.4, -0.2) is 80.4 Å². The summed E-state index contributed by atoms with van der Waals surface area (Å²) in [5.41, 5.74) is 1.98. The van der Waals surface area contributed by atoms with Crippen LogP contribution in [0.4, 0.5) is 11.8 Å². The lowest BCUT2D eigenvalue weighted by Crippen LogP contribution is -2.46. The number of piperazine rings is 1. The van der Waals surface area contributed by atoms with Crippen LogP contribution >= 0.6 is 0 Å².